The van der Waals surface area contributed by atoms with Gasteiger partial charge in [0.25, 0.3) is 5.69 Å². The van der Waals surface area contributed by atoms with Crippen LogP contribution in [0.5, 0.6) is 0 Å². The van der Waals surface area contributed by atoms with Gasteiger partial charge in [0.15, 0.2) is 9.84 Å². The van der Waals surface area contributed by atoms with Gasteiger partial charge in [-0.25, -0.2) is 26.4 Å². The Kier molecular flexibility index (Phi) is 4.84. The number of hydrogen-bond donors (Lipinski definition) is 1. The fraction of sp³-hybridized carbons (Fsp3) is 0.250. The zero-order chi connectivity index (χ0) is 15.7. The fourth-order valence-electron chi connectivity index (χ4n) is 1.25. The predicted octanol–water partition coefficient (Wildman–Crippen LogP) is 0.559. The van der Waals surface area contributed by atoms with Crippen LogP contribution in [0.1, 0.15) is 0 Å². The quantitative estimate of drug-likeness (QED) is 0.442. The molecule has 0 aromatic heterocycles. The third-order valence-electron chi connectivity index (χ3n) is 2.17. The van der Waals surface area contributed by atoms with Crippen molar-refractivity contribution >= 4 is 41.5 Å². The highest BCUT2D eigenvalue weighted by atomic mass is 79.9. The van der Waals surface area contributed by atoms with Crippen LogP contribution in [0.25, 0.3) is 0 Å². The molecular formula is C8H8BrFN2O6S2. The lowest BCUT2D eigenvalue weighted by Gasteiger charge is -2.06. The molecule has 0 aliphatic carbocycles. The first-order valence-electron chi connectivity index (χ1n) is 4.81. The summed E-state index contributed by atoms with van der Waals surface area (Å²) in [5.74, 6) is -2.85. The molecule has 112 valence electrons. The molecule has 0 spiro atoms. The molecule has 0 fully saturated rings. The maximum Gasteiger partial charge on any atom is 0.290 e. The maximum atomic E-state index is 13.2. The largest absolute Gasteiger partial charge is 0.290 e. The Balaban J connectivity index is 3.37. The van der Waals surface area contributed by atoms with Crippen molar-refractivity contribution in [3.8, 4) is 0 Å². The van der Waals surface area contributed by atoms with E-state index in [2.05, 4.69) is 21.1 Å². The second-order valence-electron chi connectivity index (χ2n) is 3.68. The highest BCUT2D eigenvalue weighted by molar-refractivity contribution is 9.10. The van der Waals surface area contributed by atoms with Gasteiger partial charge in [0.05, 0.1) is 27.0 Å². The van der Waals surface area contributed by atoms with Crippen LogP contribution >= 0.6 is 15.9 Å². The standard InChI is InChI=1S/C8H8BrFN2O6S2/c9-5-3-8(7(12(13)14)4-6(5)10)19(15,16)1-2-20(11,17)18/h3-4H,1-2H2,(H2,11,17,18). The van der Waals surface area contributed by atoms with Gasteiger partial charge in [-0.1, -0.05) is 0 Å². The summed E-state index contributed by atoms with van der Waals surface area (Å²) in [4.78, 5) is 8.90. The lowest BCUT2D eigenvalue weighted by molar-refractivity contribution is -0.388. The molecule has 12 heteroatoms. The summed E-state index contributed by atoms with van der Waals surface area (Å²) in [6.45, 7) is 0. The summed E-state index contributed by atoms with van der Waals surface area (Å²) in [6.07, 6.45) is 0. The van der Waals surface area contributed by atoms with Gasteiger partial charge in [-0.3, -0.25) is 10.1 Å². The Morgan fingerprint density at radius 1 is 1.25 bits per heavy atom. The molecule has 0 unspecified atom stereocenters. The van der Waals surface area contributed by atoms with Crippen molar-refractivity contribution < 1.29 is 26.1 Å². The number of nitro benzene ring substituents is 1. The van der Waals surface area contributed by atoms with Crippen LogP contribution in [0.3, 0.4) is 0 Å². The first-order chi connectivity index (χ1) is 8.94. The minimum atomic E-state index is -4.31. The zero-order valence-corrected chi connectivity index (χ0v) is 12.8. The predicted molar refractivity (Wildman–Crippen MR) is 70.8 cm³/mol. The van der Waals surface area contributed by atoms with Crippen molar-refractivity contribution in [2.24, 2.45) is 5.14 Å². The number of halogens is 2. The molecule has 0 radical (unpaired) electrons. The number of nitrogens with zero attached hydrogens (tertiary/aromatic N) is 1. The van der Waals surface area contributed by atoms with Gasteiger partial charge in [-0.15, -0.1) is 0 Å². The number of rotatable bonds is 5. The van der Waals surface area contributed by atoms with E-state index in [1.54, 1.807) is 0 Å². The Morgan fingerprint density at radius 2 is 1.80 bits per heavy atom. The lowest BCUT2D eigenvalue weighted by atomic mass is 10.3. The number of sulfonamides is 1. The number of sulfone groups is 1. The highest BCUT2D eigenvalue weighted by Crippen LogP contribution is 2.30. The average molecular weight is 391 g/mol. The smallest absolute Gasteiger partial charge is 0.258 e. The molecule has 0 saturated carbocycles. The Morgan fingerprint density at radius 3 is 2.25 bits per heavy atom. The molecule has 20 heavy (non-hydrogen) atoms. The van der Waals surface area contributed by atoms with Crippen molar-refractivity contribution in [1.29, 1.82) is 0 Å². The summed E-state index contributed by atoms with van der Waals surface area (Å²) < 4.78 is 58.2. The average Bonchev–Trinajstić information content (AvgIpc) is 2.28. The number of nitrogens with two attached hydrogens (primary N) is 1. The Bertz CT molecular complexity index is 761. The van der Waals surface area contributed by atoms with Crippen LogP contribution in [0, 0.1) is 15.9 Å². The van der Waals surface area contributed by atoms with E-state index in [9.17, 15) is 31.3 Å². The van der Waals surface area contributed by atoms with Crippen LogP contribution in [0.4, 0.5) is 10.1 Å². The van der Waals surface area contributed by atoms with Gasteiger partial charge >= 0.3 is 0 Å². The second kappa shape index (κ2) is 5.71. The first-order valence-corrected chi connectivity index (χ1v) is 8.97. The molecule has 0 saturated heterocycles. The lowest BCUT2D eigenvalue weighted by Crippen LogP contribution is -2.23. The van der Waals surface area contributed by atoms with Gasteiger partial charge in [-0.05, 0) is 22.0 Å². The van der Waals surface area contributed by atoms with Crippen LogP contribution in [0.2, 0.25) is 0 Å². The fourth-order valence-corrected chi connectivity index (χ4v) is 4.52. The van der Waals surface area contributed by atoms with Gasteiger partial charge in [0.1, 0.15) is 10.7 Å². The molecule has 1 rings (SSSR count). The van der Waals surface area contributed by atoms with Crippen molar-refractivity contribution in [2.75, 3.05) is 11.5 Å². The van der Waals surface area contributed by atoms with E-state index < -0.39 is 52.7 Å². The summed E-state index contributed by atoms with van der Waals surface area (Å²) in [6, 6.07) is 1.15. The molecule has 0 amide bonds. The molecular weight excluding hydrogens is 383 g/mol. The van der Waals surface area contributed by atoms with Crippen LogP contribution in [-0.4, -0.2) is 33.3 Å². The van der Waals surface area contributed by atoms with E-state index in [-0.39, 0.29) is 4.47 Å². The van der Waals surface area contributed by atoms with Gasteiger partial charge in [-0.2, -0.15) is 0 Å². The summed E-state index contributed by atoms with van der Waals surface area (Å²) in [7, 11) is -8.36. The molecule has 1 aromatic carbocycles. The molecule has 0 bridgehead atoms. The van der Waals surface area contributed by atoms with Crippen LogP contribution in [0.15, 0.2) is 21.5 Å². The van der Waals surface area contributed by atoms with Crippen LogP contribution in [-0.2, 0) is 19.9 Å². The first kappa shape index (κ1) is 16.9. The normalized spacial score (nSPS) is 12.3. The molecule has 0 heterocycles. The van der Waals surface area contributed by atoms with Crippen LogP contribution < -0.4 is 5.14 Å². The Labute approximate surface area is 122 Å². The molecule has 0 aliphatic rings. The molecule has 1 aromatic rings. The minimum Gasteiger partial charge on any atom is -0.258 e. The number of primary sulfonamides is 1. The van der Waals surface area contributed by atoms with Gasteiger partial charge in [0.2, 0.25) is 10.0 Å². The highest BCUT2D eigenvalue weighted by Gasteiger charge is 2.28. The monoisotopic (exact) mass is 390 g/mol. The van der Waals surface area contributed by atoms with E-state index in [0.717, 1.165) is 0 Å². The van der Waals surface area contributed by atoms with Gasteiger partial charge < -0.3 is 0 Å². The Hall–Kier alpha value is -1.11. The molecule has 8 nitrogen and oxygen atoms in total. The summed E-state index contributed by atoms with van der Waals surface area (Å²) in [5, 5.41) is 15.4. The zero-order valence-electron chi connectivity index (χ0n) is 9.62. The molecule has 0 aliphatic heterocycles. The minimum absolute atomic E-state index is 0.294. The van der Waals surface area contributed by atoms with E-state index in [0.29, 0.717) is 12.1 Å². The number of hydrogen-bond acceptors (Lipinski definition) is 6. The third-order valence-corrected chi connectivity index (χ3v) is 5.55. The maximum absolute atomic E-state index is 13.2. The van der Waals surface area contributed by atoms with E-state index >= 15 is 0 Å². The van der Waals surface area contributed by atoms with E-state index in [1.165, 1.54) is 0 Å². The number of nitro groups is 1. The second-order valence-corrected chi connectivity index (χ2v) is 8.34. The van der Waals surface area contributed by atoms with Crippen molar-refractivity contribution in [2.45, 2.75) is 4.90 Å². The summed E-state index contributed by atoms with van der Waals surface area (Å²) in [5.41, 5.74) is -0.972. The summed E-state index contributed by atoms with van der Waals surface area (Å²) >= 11 is 2.71. The third kappa shape index (κ3) is 4.19. The van der Waals surface area contributed by atoms with Crippen molar-refractivity contribution in [3.63, 3.8) is 0 Å². The van der Waals surface area contributed by atoms with Gasteiger partial charge in [0, 0.05) is 0 Å². The van der Waals surface area contributed by atoms with Crippen molar-refractivity contribution in [1.82, 2.24) is 0 Å². The topological polar surface area (TPSA) is 137 Å². The number of benzene rings is 1. The molecule has 0 atom stereocenters. The van der Waals surface area contributed by atoms with E-state index in [1.807, 2.05) is 0 Å². The van der Waals surface area contributed by atoms with Crippen molar-refractivity contribution in [3.05, 3.63) is 32.5 Å². The SMILES string of the molecule is NS(=O)(=O)CCS(=O)(=O)c1cc(Br)c(F)cc1[N+](=O)[O-]. The molecule has 2 N–H and O–H groups in total. The van der Waals surface area contributed by atoms with E-state index in [4.69, 9.17) is 0 Å².